The average molecular weight is 352 g/mol. The first kappa shape index (κ1) is 15.0. The second-order valence-corrected chi connectivity index (χ2v) is 7.63. The Labute approximate surface area is 150 Å². The van der Waals surface area contributed by atoms with E-state index in [1.54, 1.807) is 11.3 Å². The van der Waals surface area contributed by atoms with Crippen LogP contribution >= 0.6 is 11.3 Å². The largest absolute Gasteiger partial charge is 0.367 e. The zero-order valence-corrected chi connectivity index (χ0v) is 14.6. The lowest BCUT2D eigenvalue weighted by Crippen LogP contribution is -2.22. The van der Waals surface area contributed by atoms with Crippen molar-refractivity contribution in [3.63, 3.8) is 0 Å². The van der Waals surface area contributed by atoms with Gasteiger partial charge in [0.05, 0.1) is 10.2 Å². The van der Waals surface area contributed by atoms with Gasteiger partial charge in [-0.3, -0.25) is 0 Å². The van der Waals surface area contributed by atoms with Crippen molar-refractivity contribution in [1.29, 1.82) is 0 Å². The first-order valence-corrected chi connectivity index (χ1v) is 9.68. The average Bonchev–Trinajstić information content (AvgIpc) is 3.10. The molecule has 0 bridgehead atoms. The van der Waals surface area contributed by atoms with Crippen LogP contribution < -0.4 is 16.0 Å². The van der Waals surface area contributed by atoms with Gasteiger partial charge in [-0.15, -0.1) is 11.3 Å². The zero-order chi connectivity index (χ0) is 16.6. The number of rotatable bonds is 5. The van der Waals surface area contributed by atoms with Crippen LogP contribution in [0.15, 0.2) is 29.8 Å². The molecule has 1 saturated heterocycles. The van der Waals surface area contributed by atoms with E-state index in [0.29, 0.717) is 12.1 Å². The minimum atomic E-state index is 0.428. The van der Waals surface area contributed by atoms with Crippen LogP contribution in [0, 0.1) is 0 Å². The highest BCUT2D eigenvalue weighted by Gasteiger charge is 2.22. The first-order chi connectivity index (χ1) is 12.3. The Balaban J connectivity index is 1.51. The van der Waals surface area contributed by atoms with E-state index < -0.39 is 0 Å². The number of hydrogen-bond donors (Lipinski definition) is 3. The van der Waals surface area contributed by atoms with Gasteiger partial charge in [0.2, 0.25) is 0 Å². The molecule has 1 atom stereocenters. The van der Waals surface area contributed by atoms with Gasteiger partial charge in [-0.25, -0.2) is 15.0 Å². The summed E-state index contributed by atoms with van der Waals surface area (Å²) in [5, 5.41) is 12.5. The number of nitrogens with one attached hydrogen (secondary N) is 3. The Hall–Kier alpha value is -2.25. The number of thiophene rings is 1. The van der Waals surface area contributed by atoms with Crippen molar-refractivity contribution < 1.29 is 0 Å². The number of anilines is 2. The van der Waals surface area contributed by atoms with Crippen molar-refractivity contribution in [2.75, 3.05) is 23.7 Å². The van der Waals surface area contributed by atoms with Crippen molar-refractivity contribution in [3.05, 3.63) is 29.8 Å². The molecule has 0 aromatic carbocycles. The topological polar surface area (TPSA) is 74.8 Å². The van der Waals surface area contributed by atoms with Crippen molar-refractivity contribution in [2.45, 2.75) is 31.3 Å². The van der Waals surface area contributed by atoms with E-state index in [1.807, 2.05) is 18.3 Å². The standard InChI is InChI=1S/C18H20N6S/c1-2-12(1)21-15-9-11(3-7-20-15)17-23-14-5-8-25-16(14)18(24-17)22-13-4-6-19-10-13/h3,5,7-9,12-13,19H,1-2,4,6,10H2,(H,20,21)(H,22,23,24)/t13-/m1/s1. The molecule has 7 heteroatoms. The van der Waals surface area contributed by atoms with Crippen LogP contribution in [0.3, 0.4) is 0 Å². The number of aromatic nitrogens is 3. The summed E-state index contributed by atoms with van der Waals surface area (Å²) in [4.78, 5) is 14.0. The maximum atomic E-state index is 4.85. The lowest BCUT2D eigenvalue weighted by Gasteiger charge is -2.14. The molecule has 4 heterocycles. The Morgan fingerprint density at radius 2 is 2.04 bits per heavy atom. The van der Waals surface area contributed by atoms with Crippen LogP contribution in [0.25, 0.3) is 21.6 Å². The van der Waals surface area contributed by atoms with Gasteiger partial charge in [0.25, 0.3) is 0 Å². The molecule has 0 unspecified atom stereocenters. The predicted octanol–water partition coefficient (Wildman–Crippen LogP) is 3.10. The van der Waals surface area contributed by atoms with E-state index >= 15 is 0 Å². The van der Waals surface area contributed by atoms with Crippen LogP contribution in [0.4, 0.5) is 11.6 Å². The Kier molecular flexibility index (Phi) is 3.75. The molecule has 2 fully saturated rings. The van der Waals surface area contributed by atoms with E-state index in [1.165, 1.54) is 12.8 Å². The Morgan fingerprint density at radius 3 is 2.88 bits per heavy atom. The highest BCUT2D eigenvalue weighted by molar-refractivity contribution is 7.17. The van der Waals surface area contributed by atoms with Gasteiger partial charge in [0.15, 0.2) is 5.82 Å². The Bertz CT molecular complexity index is 897. The number of fused-ring (bicyclic) bond motifs is 1. The molecule has 6 nitrogen and oxygen atoms in total. The number of hydrogen-bond acceptors (Lipinski definition) is 7. The lowest BCUT2D eigenvalue weighted by molar-refractivity contribution is 0.789. The third-order valence-corrected chi connectivity index (χ3v) is 5.56. The van der Waals surface area contributed by atoms with E-state index in [4.69, 9.17) is 9.97 Å². The van der Waals surface area contributed by atoms with E-state index in [9.17, 15) is 0 Å². The summed E-state index contributed by atoms with van der Waals surface area (Å²) in [6.45, 7) is 2.04. The van der Waals surface area contributed by atoms with Gasteiger partial charge in [-0.1, -0.05) is 0 Å². The predicted molar refractivity (Wildman–Crippen MR) is 102 cm³/mol. The Morgan fingerprint density at radius 1 is 1.08 bits per heavy atom. The molecule has 3 N–H and O–H groups in total. The summed E-state index contributed by atoms with van der Waals surface area (Å²) < 4.78 is 1.13. The van der Waals surface area contributed by atoms with Crippen LogP contribution in [0.1, 0.15) is 19.3 Å². The van der Waals surface area contributed by atoms with Crippen LogP contribution in [0.2, 0.25) is 0 Å². The zero-order valence-electron chi connectivity index (χ0n) is 13.8. The molecule has 3 aromatic rings. The number of nitrogens with zero attached hydrogens (tertiary/aromatic N) is 3. The molecule has 1 saturated carbocycles. The summed E-state index contributed by atoms with van der Waals surface area (Å²) >= 11 is 1.69. The highest BCUT2D eigenvalue weighted by atomic mass is 32.1. The summed E-state index contributed by atoms with van der Waals surface area (Å²) in [5.74, 6) is 2.60. The van der Waals surface area contributed by atoms with Crippen molar-refractivity contribution in [2.24, 2.45) is 0 Å². The molecule has 5 rings (SSSR count). The monoisotopic (exact) mass is 352 g/mol. The minimum absolute atomic E-state index is 0.428. The van der Waals surface area contributed by atoms with Crippen molar-refractivity contribution in [1.82, 2.24) is 20.3 Å². The van der Waals surface area contributed by atoms with E-state index in [2.05, 4.69) is 32.4 Å². The quantitative estimate of drug-likeness (QED) is 0.655. The summed E-state index contributed by atoms with van der Waals surface area (Å²) in [6.07, 6.45) is 5.41. The van der Waals surface area contributed by atoms with Crippen molar-refractivity contribution >= 4 is 33.2 Å². The van der Waals surface area contributed by atoms with Crippen LogP contribution in [-0.2, 0) is 0 Å². The molecule has 1 aliphatic carbocycles. The molecule has 25 heavy (non-hydrogen) atoms. The normalized spacial score (nSPS) is 20.1. The fourth-order valence-electron chi connectivity index (χ4n) is 3.15. The third kappa shape index (κ3) is 3.17. The number of pyridine rings is 1. The summed E-state index contributed by atoms with van der Waals surface area (Å²) in [7, 11) is 0. The fourth-order valence-corrected chi connectivity index (χ4v) is 3.93. The third-order valence-electron chi connectivity index (χ3n) is 4.65. The molecule has 0 spiro atoms. The van der Waals surface area contributed by atoms with Gasteiger partial charge in [0.1, 0.15) is 11.6 Å². The maximum absolute atomic E-state index is 4.85. The van der Waals surface area contributed by atoms with E-state index in [-0.39, 0.29) is 0 Å². The molecule has 128 valence electrons. The molecular formula is C18H20N6S. The second-order valence-electron chi connectivity index (χ2n) is 6.71. The molecule has 0 radical (unpaired) electrons. The molecule has 3 aromatic heterocycles. The van der Waals surface area contributed by atoms with Crippen LogP contribution in [-0.4, -0.2) is 40.1 Å². The van der Waals surface area contributed by atoms with Gasteiger partial charge in [-0.05, 0) is 49.4 Å². The second kappa shape index (κ2) is 6.24. The van der Waals surface area contributed by atoms with Crippen LogP contribution in [0.5, 0.6) is 0 Å². The molecule has 1 aliphatic heterocycles. The maximum Gasteiger partial charge on any atom is 0.162 e. The van der Waals surface area contributed by atoms with Gasteiger partial charge >= 0.3 is 0 Å². The molecular weight excluding hydrogens is 332 g/mol. The van der Waals surface area contributed by atoms with Crippen molar-refractivity contribution in [3.8, 4) is 11.4 Å². The summed E-state index contributed by atoms with van der Waals surface area (Å²) in [6, 6.07) is 7.10. The minimum Gasteiger partial charge on any atom is -0.367 e. The van der Waals surface area contributed by atoms with Gasteiger partial charge in [-0.2, -0.15) is 0 Å². The van der Waals surface area contributed by atoms with Gasteiger partial charge in [0, 0.05) is 30.4 Å². The summed E-state index contributed by atoms with van der Waals surface area (Å²) in [5.41, 5.74) is 2.00. The highest BCUT2D eigenvalue weighted by Crippen LogP contribution is 2.31. The first-order valence-electron chi connectivity index (χ1n) is 8.80. The molecule has 2 aliphatic rings. The molecule has 0 amide bonds. The SMILES string of the molecule is c1cc(-c2nc(N[C@@H]3CCNC3)c3sccc3n2)cc(NC2CC2)n1. The smallest absolute Gasteiger partial charge is 0.162 e. The lowest BCUT2D eigenvalue weighted by atomic mass is 10.2. The fraction of sp³-hybridized carbons (Fsp3) is 0.389. The van der Waals surface area contributed by atoms with E-state index in [0.717, 1.165) is 52.8 Å². The van der Waals surface area contributed by atoms with Gasteiger partial charge < -0.3 is 16.0 Å².